The van der Waals surface area contributed by atoms with Crippen LogP contribution in [0.15, 0.2) is 40.9 Å². The maximum Gasteiger partial charge on any atom is 0.254 e. The number of carbonyl (C=O) groups is 1. The Labute approximate surface area is 158 Å². The average Bonchev–Trinajstić information content (AvgIpc) is 3.18. The minimum atomic E-state index is -0.0312. The highest BCUT2D eigenvalue weighted by Gasteiger charge is 2.15. The summed E-state index contributed by atoms with van der Waals surface area (Å²) in [5.74, 6) is 1.93. The fourth-order valence-corrected chi connectivity index (χ4v) is 4.97. The number of nitrogens with zero attached hydrogens (tertiary/aromatic N) is 1. The van der Waals surface area contributed by atoms with Crippen molar-refractivity contribution in [2.45, 2.75) is 56.5 Å². The van der Waals surface area contributed by atoms with E-state index < -0.39 is 0 Å². The molecule has 3 nitrogen and oxygen atoms in total. The van der Waals surface area contributed by atoms with E-state index in [0.717, 1.165) is 16.7 Å². The molecule has 0 spiro atoms. The lowest BCUT2D eigenvalue weighted by Crippen LogP contribution is -2.23. The lowest BCUT2D eigenvalue weighted by molar-refractivity contribution is 0.0947. The number of thioether (sulfide) groups is 1. The third kappa shape index (κ3) is 5.86. The molecule has 1 fully saturated rings. The predicted octanol–water partition coefficient (Wildman–Crippen LogP) is 5.53. The van der Waals surface area contributed by atoms with Gasteiger partial charge in [0.05, 0.1) is 12.1 Å². The minimum absolute atomic E-state index is 0.0312. The van der Waals surface area contributed by atoms with Crippen LogP contribution in [0, 0.1) is 5.92 Å². The molecule has 134 valence electrons. The summed E-state index contributed by atoms with van der Waals surface area (Å²) in [5, 5.41) is 5.89. The van der Waals surface area contributed by atoms with Gasteiger partial charge in [0.15, 0.2) is 0 Å². The summed E-state index contributed by atoms with van der Waals surface area (Å²) in [5.41, 5.74) is 0.696. The fourth-order valence-electron chi connectivity index (χ4n) is 3.37. The van der Waals surface area contributed by atoms with Crippen LogP contribution >= 0.6 is 23.1 Å². The van der Waals surface area contributed by atoms with Crippen LogP contribution in [0.25, 0.3) is 0 Å². The van der Waals surface area contributed by atoms with Gasteiger partial charge in [-0.15, -0.1) is 23.1 Å². The fraction of sp³-hybridized carbons (Fsp3) is 0.500. The van der Waals surface area contributed by atoms with Gasteiger partial charge < -0.3 is 5.32 Å². The summed E-state index contributed by atoms with van der Waals surface area (Å²) >= 11 is 3.38. The van der Waals surface area contributed by atoms with Crippen molar-refractivity contribution in [3.8, 4) is 0 Å². The van der Waals surface area contributed by atoms with Crippen LogP contribution in [0.3, 0.4) is 0 Å². The van der Waals surface area contributed by atoms with Gasteiger partial charge in [-0.05, 0) is 48.1 Å². The topological polar surface area (TPSA) is 42.0 Å². The van der Waals surface area contributed by atoms with Gasteiger partial charge in [-0.2, -0.15) is 0 Å². The monoisotopic (exact) mass is 374 g/mol. The number of hydrogen-bond donors (Lipinski definition) is 1. The number of hydrogen-bond acceptors (Lipinski definition) is 4. The highest BCUT2D eigenvalue weighted by Crippen LogP contribution is 2.29. The van der Waals surface area contributed by atoms with Crippen molar-refractivity contribution in [1.82, 2.24) is 10.3 Å². The van der Waals surface area contributed by atoms with E-state index in [0.29, 0.717) is 12.1 Å². The molecule has 1 N–H and O–H groups in total. The largest absolute Gasteiger partial charge is 0.347 e. The number of thiophene rings is 1. The van der Waals surface area contributed by atoms with E-state index in [4.69, 9.17) is 0 Å². The van der Waals surface area contributed by atoms with E-state index in [-0.39, 0.29) is 5.91 Å². The van der Waals surface area contributed by atoms with Gasteiger partial charge in [-0.1, -0.05) is 38.2 Å². The molecule has 1 amide bonds. The summed E-state index contributed by atoms with van der Waals surface area (Å²) in [6.45, 7) is 0.581. The summed E-state index contributed by atoms with van der Waals surface area (Å²) in [4.78, 5) is 18.1. The number of nitrogens with one attached hydrogen (secondary N) is 1. The van der Waals surface area contributed by atoms with Gasteiger partial charge in [0.1, 0.15) is 5.03 Å². The van der Waals surface area contributed by atoms with Crippen molar-refractivity contribution in [2.24, 2.45) is 5.92 Å². The van der Waals surface area contributed by atoms with Gasteiger partial charge in [-0.3, -0.25) is 4.79 Å². The Morgan fingerprint density at radius 1 is 1.24 bits per heavy atom. The van der Waals surface area contributed by atoms with Crippen molar-refractivity contribution >= 4 is 29.0 Å². The first-order valence-electron chi connectivity index (χ1n) is 9.21. The van der Waals surface area contributed by atoms with E-state index in [2.05, 4.69) is 10.3 Å². The molecule has 0 saturated heterocycles. The van der Waals surface area contributed by atoms with Gasteiger partial charge in [0.2, 0.25) is 0 Å². The van der Waals surface area contributed by atoms with Crippen LogP contribution in [-0.2, 0) is 6.54 Å². The van der Waals surface area contributed by atoms with E-state index in [1.807, 2.05) is 29.6 Å². The highest BCUT2D eigenvalue weighted by molar-refractivity contribution is 7.99. The van der Waals surface area contributed by atoms with Gasteiger partial charge in [0.25, 0.3) is 5.91 Å². The Morgan fingerprint density at radius 2 is 2.12 bits per heavy atom. The molecule has 0 aliphatic heterocycles. The molecule has 0 unspecified atom stereocenters. The van der Waals surface area contributed by atoms with Crippen LogP contribution in [0.4, 0.5) is 0 Å². The normalized spacial score (nSPS) is 15.2. The number of rotatable bonds is 8. The van der Waals surface area contributed by atoms with Gasteiger partial charge in [0, 0.05) is 11.1 Å². The first-order chi connectivity index (χ1) is 12.3. The van der Waals surface area contributed by atoms with Crippen LogP contribution in [0.1, 0.15) is 60.2 Å². The van der Waals surface area contributed by atoms with Crippen LogP contribution in [0.5, 0.6) is 0 Å². The van der Waals surface area contributed by atoms with Crippen molar-refractivity contribution < 1.29 is 4.79 Å². The average molecular weight is 375 g/mol. The molecule has 1 saturated carbocycles. The lowest BCUT2D eigenvalue weighted by atomic mass is 9.86. The summed E-state index contributed by atoms with van der Waals surface area (Å²) in [7, 11) is 0. The molecule has 0 aromatic carbocycles. The second-order valence-electron chi connectivity index (χ2n) is 6.61. The van der Waals surface area contributed by atoms with Crippen molar-refractivity contribution in [3.63, 3.8) is 0 Å². The van der Waals surface area contributed by atoms with Crippen LogP contribution in [-0.4, -0.2) is 16.6 Å². The molecule has 25 heavy (non-hydrogen) atoms. The van der Waals surface area contributed by atoms with Crippen LogP contribution in [0.2, 0.25) is 0 Å². The molecule has 0 atom stereocenters. The van der Waals surface area contributed by atoms with Crippen LogP contribution < -0.4 is 5.32 Å². The highest BCUT2D eigenvalue weighted by atomic mass is 32.2. The molecular formula is C20H26N2OS2. The Morgan fingerprint density at radius 3 is 2.92 bits per heavy atom. The molecule has 1 aliphatic rings. The zero-order chi connectivity index (χ0) is 17.3. The Bertz CT molecular complexity index is 651. The van der Waals surface area contributed by atoms with E-state index in [9.17, 15) is 4.79 Å². The van der Waals surface area contributed by atoms with Crippen molar-refractivity contribution in [2.75, 3.05) is 5.75 Å². The molecule has 2 aromatic heterocycles. The molecule has 2 aromatic rings. The summed E-state index contributed by atoms with van der Waals surface area (Å²) in [6.07, 6.45) is 11.4. The summed E-state index contributed by atoms with van der Waals surface area (Å²) in [6, 6.07) is 7.76. The molecule has 3 rings (SSSR count). The quantitative estimate of drug-likeness (QED) is 0.488. The Kier molecular flexibility index (Phi) is 7.37. The molecular weight excluding hydrogens is 348 g/mol. The number of carbonyl (C=O) groups excluding carboxylic acids is 1. The summed E-state index contributed by atoms with van der Waals surface area (Å²) < 4.78 is 0. The van der Waals surface area contributed by atoms with Crippen molar-refractivity contribution in [3.05, 3.63) is 46.3 Å². The smallest absolute Gasteiger partial charge is 0.254 e. The molecule has 5 heteroatoms. The lowest BCUT2D eigenvalue weighted by Gasteiger charge is -2.21. The molecule has 0 bridgehead atoms. The van der Waals surface area contributed by atoms with Gasteiger partial charge >= 0.3 is 0 Å². The Balaban J connectivity index is 1.47. The van der Waals surface area contributed by atoms with Gasteiger partial charge in [-0.25, -0.2) is 4.98 Å². The number of amides is 1. The third-order valence-corrected chi connectivity index (χ3v) is 6.71. The molecule has 2 heterocycles. The van der Waals surface area contributed by atoms with E-state index in [1.165, 1.54) is 49.8 Å². The SMILES string of the molecule is O=C(NCc1cccs1)c1cccnc1SCCCC1CCCCC1. The molecule has 0 radical (unpaired) electrons. The first-order valence-corrected chi connectivity index (χ1v) is 11.1. The van der Waals surface area contributed by atoms with Crippen molar-refractivity contribution in [1.29, 1.82) is 0 Å². The standard InChI is InChI=1S/C20H26N2OS2/c23-19(22-15-17-10-6-13-24-17)18-11-4-12-21-20(18)25-14-5-9-16-7-2-1-3-8-16/h4,6,10-13,16H,1-3,5,7-9,14-15H2,(H,22,23). The third-order valence-electron chi connectivity index (χ3n) is 4.74. The molecule has 1 aliphatic carbocycles. The maximum absolute atomic E-state index is 12.5. The maximum atomic E-state index is 12.5. The second kappa shape index (κ2) is 9.97. The predicted molar refractivity (Wildman–Crippen MR) is 106 cm³/mol. The minimum Gasteiger partial charge on any atom is -0.347 e. The number of pyridine rings is 1. The van der Waals surface area contributed by atoms with E-state index >= 15 is 0 Å². The van der Waals surface area contributed by atoms with E-state index in [1.54, 1.807) is 29.3 Å². The zero-order valence-electron chi connectivity index (χ0n) is 14.6. The second-order valence-corrected chi connectivity index (χ2v) is 8.73. The zero-order valence-corrected chi connectivity index (χ0v) is 16.2. The Hall–Kier alpha value is -1.33. The first kappa shape index (κ1) is 18.5. The number of aromatic nitrogens is 1.